The highest BCUT2D eigenvalue weighted by molar-refractivity contribution is 7.16. The molecule has 21 heavy (non-hydrogen) atoms. The van der Waals surface area contributed by atoms with Crippen molar-refractivity contribution < 1.29 is 9.53 Å². The van der Waals surface area contributed by atoms with Crippen LogP contribution in [0.1, 0.15) is 22.9 Å². The van der Waals surface area contributed by atoms with Crippen molar-refractivity contribution in [2.24, 2.45) is 5.73 Å². The number of nitrogens with one attached hydrogen (secondary N) is 1. The van der Waals surface area contributed by atoms with Gasteiger partial charge in [-0.05, 0) is 48.7 Å². The van der Waals surface area contributed by atoms with Crippen LogP contribution >= 0.6 is 22.9 Å². The first-order valence-corrected chi connectivity index (χ1v) is 7.87. The van der Waals surface area contributed by atoms with Crippen LogP contribution in [0.15, 0.2) is 30.3 Å². The first-order valence-electron chi connectivity index (χ1n) is 6.67. The summed E-state index contributed by atoms with van der Waals surface area (Å²) in [7, 11) is 0. The molecule has 110 valence electrons. The number of rotatable bonds is 5. The predicted octanol–water partition coefficient (Wildman–Crippen LogP) is 3.37. The van der Waals surface area contributed by atoms with Crippen molar-refractivity contribution in [3.8, 4) is 5.75 Å². The first-order chi connectivity index (χ1) is 10.1. The number of aryl methyl sites for hydroxylation is 1. The van der Waals surface area contributed by atoms with Gasteiger partial charge in [0.2, 0.25) is 0 Å². The lowest BCUT2D eigenvalue weighted by Crippen LogP contribution is -2.19. The number of carbonyl (C=O) groups is 1. The predicted molar refractivity (Wildman–Crippen MR) is 85.1 cm³/mol. The van der Waals surface area contributed by atoms with Gasteiger partial charge in [-0.25, -0.2) is 0 Å². The van der Waals surface area contributed by atoms with Crippen molar-refractivity contribution in [3.63, 3.8) is 0 Å². The summed E-state index contributed by atoms with van der Waals surface area (Å²) in [6.07, 6.45) is 2.16. The minimum absolute atomic E-state index is 0.105. The van der Waals surface area contributed by atoms with Crippen LogP contribution in [0.2, 0.25) is 4.34 Å². The quantitative estimate of drug-likeness (QED) is 0.887. The van der Waals surface area contributed by atoms with Crippen LogP contribution < -0.4 is 15.8 Å². The van der Waals surface area contributed by atoms with E-state index < -0.39 is 5.91 Å². The minimum atomic E-state index is -0.481. The van der Waals surface area contributed by atoms with E-state index in [1.165, 1.54) is 10.4 Å². The third-order valence-electron chi connectivity index (χ3n) is 3.42. The molecule has 0 aliphatic heterocycles. The molecular formula is C15H15ClN2O2S. The van der Waals surface area contributed by atoms with Crippen LogP contribution in [-0.4, -0.2) is 12.5 Å². The molecule has 3 N–H and O–H groups in total. The van der Waals surface area contributed by atoms with E-state index in [9.17, 15) is 4.79 Å². The molecule has 0 radical (unpaired) electrons. The van der Waals surface area contributed by atoms with E-state index in [1.54, 1.807) is 11.3 Å². The smallest absolute Gasteiger partial charge is 0.255 e. The lowest BCUT2D eigenvalue weighted by atomic mass is 10.1. The van der Waals surface area contributed by atoms with Crippen molar-refractivity contribution in [2.75, 3.05) is 11.9 Å². The minimum Gasteiger partial charge on any atom is -0.484 e. The molecule has 0 saturated carbocycles. The maximum Gasteiger partial charge on any atom is 0.255 e. The fraction of sp³-hybridized carbons (Fsp3) is 0.267. The van der Waals surface area contributed by atoms with Crippen LogP contribution in [0.3, 0.4) is 0 Å². The average Bonchev–Trinajstić information content (AvgIpc) is 2.98. The number of thiophene rings is 1. The topological polar surface area (TPSA) is 64.4 Å². The standard InChI is InChI=1S/C15H15ClN2O2S/c16-14-7-11-12(5-6-13(11)21-14)18-9-1-3-10(4-2-9)20-8-15(17)19/h1-4,7,12,18H,5-6,8H2,(H2,17,19). The molecule has 0 bridgehead atoms. The SMILES string of the molecule is NC(=O)COc1ccc(NC2CCc3sc(Cl)cc32)cc1. The van der Waals surface area contributed by atoms with Gasteiger partial charge in [0.15, 0.2) is 6.61 Å². The Morgan fingerprint density at radius 1 is 1.43 bits per heavy atom. The second kappa shape index (κ2) is 5.95. The highest BCUT2D eigenvalue weighted by atomic mass is 35.5. The van der Waals surface area contributed by atoms with Gasteiger partial charge < -0.3 is 15.8 Å². The maximum atomic E-state index is 10.7. The first kappa shape index (κ1) is 14.2. The van der Waals surface area contributed by atoms with Gasteiger partial charge in [-0.3, -0.25) is 4.79 Å². The Morgan fingerprint density at radius 3 is 2.90 bits per heavy atom. The van der Waals surface area contributed by atoms with E-state index >= 15 is 0 Å². The Balaban J connectivity index is 1.64. The molecule has 1 atom stereocenters. The lowest BCUT2D eigenvalue weighted by molar-refractivity contribution is -0.119. The fourth-order valence-corrected chi connectivity index (χ4v) is 3.84. The van der Waals surface area contributed by atoms with Crippen molar-refractivity contribution >= 4 is 34.5 Å². The summed E-state index contributed by atoms with van der Waals surface area (Å²) in [5, 5.41) is 3.50. The average molecular weight is 323 g/mol. The number of benzene rings is 1. The number of primary amides is 1. The summed E-state index contributed by atoms with van der Waals surface area (Å²) in [5.41, 5.74) is 7.36. The van der Waals surface area contributed by atoms with Gasteiger partial charge >= 0.3 is 0 Å². The van der Waals surface area contributed by atoms with Gasteiger partial charge in [0.25, 0.3) is 5.91 Å². The van der Waals surface area contributed by atoms with E-state index in [0.717, 1.165) is 22.9 Å². The molecule has 1 aromatic carbocycles. The third kappa shape index (κ3) is 3.31. The molecule has 0 spiro atoms. The third-order valence-corrected chi connectivity index (χ3v) is 4.76. The highest BCUT2D eigenvalue weighted by Gasteiger charge is 2.24. The van der Waals surface area contributed by atoms with Crippen molar-refractivity contribution in [1.82, 2.24) is 0 Å². The Labute approximate surface area is 131 Å². The maximum absolute atomic E-state index is 10.7. The molecule has 2 aromatic rings. The zero-order valence-corrected chi connectivity index (χ0v) is 12.8. The van der Waals surface area contributed by atoms with Crippen molar-refractivity contribution in [2.45, 2.75) is 18.9 Å². The van der Waals surface area contributed by atoms with Gasteiger partial charge in [-0.1, -0.05) is 11.6 Å². The van der Waals surface area contributed by atoms with Gasteiger partial charge in [0.05, 0.1) is 10.4 Å². The van der Waals surface area contributed by atoms with E-state index in [1.807, 2.05) is 24.3 Å². The van der Waals surface area contributed by atoms with Crippen molar-refractivity contribution in [3.05, 3.63) is 45.1 Å². The number of halogens is 1. The van der Waals surface area contributed by atoms with Gasteiger partial charge in [-0.2, -0.15) is 0 Å². The summed E-state index contributed by atoms with van der Waals surface area (Å²) in [6, 6.07) is 9.87. The molecular weight excluding hydrogens is 308 g/mol. The van der Waals surface area contributed by atoms with Crippen LogP contribution in [0.5, 0.6) is 5.75 Å². The summed E-state index contributed by atoms with van der Waals surface area (Å²) in [4.78, 5) is 12.0. The Bertz CT molecular complexity index is 654. The molecule has 1 aliphatic carbocycles. The number of ether oxygens (including phenoxy) is 1. The number of fused-ring (bicyclic) bond motifs is 1. The lowest BCUT2D eigenvalue weighted by Gasteiger charge is -2.15. The summed E-state index contributed by atoms with van der Waals surface area (Å²) in [6.45, 7) is -0.105. The summed E-state index contributed by atoms with van der Waals surface area (Å²) >= 11 is 7.73. The molecule has 1 amide bonds. The molecule has 1 unspecified atom stereocenters. The van der Waals surface area contributed by atoms with Crippen LogP contribution in [0, 0.1) is 0 Å². The molecule has 6 heteroatoms. The number of amides is 1. The molecule has 3 rings (SSSR count). The Morgan fingerprint density at radius 2 is 2.19 bits per heavy atom. The van der Waals surface area contributed by atoms with E-state index in [2.05, 4.69) is 11.4 Å². The molecule has 1 aliphatic rings. The number of carbonyl (C=O) groups excluding carboxylic acids is 1. The number of nitrogens with two attached hydrogens (primary N) is 1. The second-order valence-electron chi connectivity index (χ2n) is 4.94. The number of hydrogen-bond donors (Lipinski definition) is 2. The summed E-state index contributed by atoms with van der Waals surface area (Å²) < 4.78 is 6.08. The van der Waals surface area contributed by atoms with Gasteiger partial charge in [0, 0.05) is 10.6 Å². The highest BCUT2D eigenvalue weighted by Crippen LogP contribution is 2.40. The Hall–Kier alpha value is -1.72. The zero-order valence-electron chi connectivity index (χ0n) is 11.3. The normalized spacial score (nSPS) is 16.5. The molecule has 0 saturated heterocycles. The summed E-state index contributed by atoms with van der Waals surface area (Å²) in [5.74, 6) is 0.148. The van der Waals surface area contributed by atoms with E-state index in [4.69, 9.17) is 22.1 Å². The molecule has 1 heterocycles. The van der Waals surface area contributed by atoms with E-state index in [0.29, 0.717) is 11.8 Å². The van der Waals surface area contributed by atoms with Crippen LogP contribution in [-0.2, 0) is 11.2 Å². The number of anilines is 1. The largest absolute Gasteiger partial charge is 0.484 e. The van der Waals surface area contributed by atoms with Crippen LogP contribution in [0.25, 0.3) is 0 Å². The van der Waals surface area contributed by atoms with Crippen LogP contribution in [0.4, 0.5) is 5.69 Å². The monoisotopic (exact) mass is 322 g/mol. The van der Waals surface area contributed by atoms with E-state index in [-0.39, 0.29) is 6.61 Å². The second-order valence-corrected chi connectivity index (χ2v) is 6.71. The molecule has 0 fully saturated rings. The Kier molecular flexibility index (Phi) is 4.03. The van der Waals surface area contributed by atoms with Gasteiger partial charge in [-0.15, -0.1) is 11.3 Å². The fourth-order valence-electron chi connectivity index (χ4n) is 2.48. The zero-order chi connectivity index (χ0) is 14.8. The molecule has 4 nitrogen and oxygen atoms in total. The van der Waals surface area contributed by atoms with Gasteiger partial charge in [0.1, 0.15) is 5.75 Å². The number of hydrogen-bond acceptors (Lipinski definition) is 4. The van der Waals surface area contributed by atoms with Crippen molar-refractivity contribution in [1.29, 1.82) is 0 Å². The molecule has 1 aromatic heterocycles.